The Kier molecular flexibility index (Phi) is 3.90. The molecule has 0 aromatic carbocycles. The molecule has 0 atom stereocenters. The molecule has 0 aliphatic heterocycles. The van der Waals surface area contributed by atoms with Gasteiger partial charge in [0.05, 0.1) is 25.5 Å². The number of hydrogen-bond donors (Lipinski definition) is 0. The monoisotopic (exact) mass is 246 g/mol. The average molecular weight is 246 g/mol. The maximum atomic E-state index is 4.21. The Hall–Kier alpha value is -2.38. The minimum atomic E-state index is 0.598. The number of rotatable bonds is 5. The Bertz CT molecular complexity index is 499. The van der Waals surface area contributed by atoms with E-state index in [2.05, 4.69) is 30.2 Å². The van der Waals surface area contributed by atoms with Crippen LogP contribution in [0.25, 0.3) is 0 Å². The van der Waals surface area contributed by atoms with Crippen molar-refractivity contribution >= 4 is 12.4 Å². The lowest BCUT2D eigenvalue weighted by Crippen LogP contribution is -2.00. The summed E-state index contributed by atoms with van der Waals surface area (Å²) in [6.45, 7) is 1.20. The first-order chi connectivity index (χ1) is 8.77. The zero-order valence-electron chi connectivity index (χ0n) is 10.3. The van der Waals surface area contributed by atoms with Crippen LogP contribution in [-0.2, 0) is 14.1 Å². The summed E-state index contributed by atoms with van der Waals surface area (Å²) in [6, 6.07) is 0. The molecule has 18 heavy (non-hydrogen) atoms. The number of aryl methyl sites for hydroxylation is 2. The van der Waals surface area contributed by atoms with Gasteiger partial charge in [0.15, 0.2) is 11.6 Å². The van der Waals surface area contributed by atoms with E-state index in [4.69, 9.17) is 0 Å². The molecule has 0 aliphatic rings. The molecule has 0 N–H and O–H groups in total. The highest BCUT2D eigenvalue weighted by Crippen LogP contribution is 1.87. The molecule has 94 valence electrons. The Morgan fingerprint density at radius 2 is 1.39 bits per heavy atom. The molecule has 8 nitrogen and oxygen atoms in total. The van der Waals surface area contributed by atoms with Gasteiger partial charge in [0.2, 0.25) is 0 Å². The van der Waals surface area contributed by atoms with E-state index in [9.17, 15) is 0 Å². The molecule has 2 heterocycles. The molecule has 0 amide bonds. The van der Waals surface area contributed by atoms with Gasteiger partial charge < -0.3 is 0 Å². The van der Waals surface area contributed by atoms with Crippen LogP contribution in [0.15, 0.2) is 22.6 Å². The van der Waals surface area contributed by atoms with Gasteiger partial charge in [-0.15, -0.1) is 0 Å². The number of nitrogens with zero attached hydrogens (tertiary/aromatic N) is 8. The minimum absolute atomic E-state index is 0.598. The van der Waals surface area contributed by atoms with Crippen molar-refractivity contribution < 1.29 is 0 Å². The Balaban J connectivity index is 1.77. The van der Waals surface area contributed by atoms with Crippen LogP contribution in [0.4, 0.5) is 0 Å². The van der Waals surface area contributed by atoms with Crippen LogP contribution in [-0.4, -0.2) is 55.0 Å². The van der Waals surface area contributed by atoms with Gasteiger partial charge in [0, 0.05) is 14.1 Å². The molecule has 0 radical (unpaired) electrons. The summed E-state index contributed by atoms with van der Waals surface area (Å²) in [7, 11) is 3.64. The van der Waals surface area contributed by atoms with Crippen LogP contribution in [0.2, 0.25) is 0 Å². The van der Waals surface area contributed by atoms with E-state index in [0.717, 1.165) is 11.6 Å². The predicted octanol–water partition coefficient (Wildman–Crippen LogP) is -0.518. The summed E-state index contributed by atoms with van der Waals surface area (Å²) >= 11 is 0. The minimum Gasteiger partial charge on any atom is -0.287 e. The van der Waals surface area contributed by atoms with Gasteiger partial charge in [-0.1, -0.05) is 0 Å². The van der Waals surface area contributed by atoms with Crippen LogP contribution >= 0.6 is 0 Å². The van der Waals surface area contributed by atoms with Crippen molar-refractivity contribution in [1.82, 2.24) is 29.5 Å². The highest BCUT2D eigenvalue weighted by atomic mass is 15.3. The lowest BCUT2D eigenvalue weighted by atomic mass is 10.6. The predicted molar refractivity (Wildman–Crippen MR) is 66.9 cm³/mol. The summed E-state index contributed by atoms with van der Waals surface area (Å²) in [4.78, 5) is 16.5. The SMILES string of the molecule is Cn1ncnc1/C=N\CC/N=C\c1ncnn1C. The number of aliphatic imine (C=N–C) groups is 2. The van der Waals surface area contributed by atoms with Crippen molar-refractivity contribution in [3.05, 3.63) is 24.3 Å². The standard InChI is InChI=1S/C10H14N8/c1-17-9(13-7-15-17)5-11-3-4-12-6-10-14-8-16-18(10)2/h5-8H,3-4H2,1-2H3/b11-5-,12-6-. The smallest absolute Gasteiger partial charge is 0.168 e. The highest BCUT2D eigenvalue weighted by Gasteiger charge is 1.94. The van der Waals surface area contributed by atoms with E-state index >= 15 is 0 Å². The molecule has 0 unspecified atom stereocenters. The van der Waals surface area contributed by atoms with Gasteiger partial charge in [-0.05, 0) is 0 Å². The Morgan fingerprint density at radius 1 is 0.944 bits per heavy atom. The van der Waals surface area contributed by atoms with E-state index in [1.54, 1.807) is 21.8 Å². The molecule has 2 rings (SSSR count). The maximum Gasteiger partial charge on any atom is 0.168 e. The van der Waals surface area contributed by atoms with E-state index in [1.807, 2.05) is 14.1 Å². The highest BCUT2D eigenvalue weighted by molar-refractivity contribution is 5.75. The second-order valence-corrected chi connectivity index (χ2v) is 3.55. The molecule has 0 spiro atoms. The van der Waals surface area contributed by atoms with Crippen molar-refractivity contribution in [2.45, 2.75) is 0 Å². The first kappa shape index (κ1) is 12.1. The van der Waals surface area contributed by atoms with Crippen LogP contribution in [0, 0.1) is 0 Å². The van der Waals surface area contributed by atoms with Crippen LogP contribution in [0.3, 0.4) is 0 Å². The van der Waals surface area contributed by atoms with Gasteiger partial charge in [0.1, 0.15) is 12.7 Å². The molecular formula is C10H14N8. The van der Waals surface area contributed by atoms with Crippen molar-refractivity contribution in [1.29, 1.82) is 0 Å². The second kappa shape index (κ2) is 5.80. The summed E-state index contributed by atoms with van der Waals surface area (Å²) in [5.74, 6) is 1.46. The van der Waals surface area contributed by atoms with Crippen molar-refractivity contribution in [3.8, 4) is 0 Å². The van der Waals surface area contributed by atoms with Crippen LogP contribution in [0.5, 0.6) is 0 Å². The van der Waals surface area contributed by atoms with Crippen LogP contribution in [0.1, 0.15) is 11.6 Å². The average Bonchev–Trinajstić information content (AvgIpc) is 2.94. The van der Waals surface area contributed by atoms with Crippen molar-refractivity contribution in [2.75, 3.05) is 13.1 Å². The Labute approximate surface area is 104 Å². The third-order valence-corrected chi connectivity index (χ3v) is 2.26. The van der Waals surface area contributed by atoms with Crippen LogP contribution < -0.4 is 0 Å². The molecule has 2 aromatic rings. The van der Waals surface area contributed by atoms with Gasteiger partial charge >= 0.3 is 0 Å². The first-order valence-electron chi connectivity index (χ1n) is 5.45. The lowest BCUT2D eigenvalue weighted by molar-refractivity contribution is 0.757. The molecule has 0 bridgehead atoms. The zero-order chi connectivity index (χ0) is 12.8. The van der Waals surface area contributed by atoms with Gasteiger partial charge in [-0.2, -0.15) is 10.2 Å². The largest absolute Gasteiger partial charge is 0.287 e. The normalized spacial score (nSPS) is 11.9. The van der Waals surface area contributed by atoms with Crippen molar-refractivity contribution in [3.63, 3.8) is 0 Å². The summed E-state index contributed by atoms with van der Waals surface area (Å²) < 4.78 is 3.32. The molecule has 0 aliphatic carbocycles. The fourth-order valence-electron chi connectivity index (χ4n) is 1.25. The summed E-state index contributed by atoms with van der Waals surface area (Å²) in [6.07, 6.45) is 6.36. The van der Waals surface area contributed by atoms with Gasteiger partial charge in [-0.25, -0.2) is 19.3 Å². The van der Waals surface area contributed by atoms with E-state index < -0.39 is 0 Å². The fourth-order valence-corrected chi connectivity index (χ4v) is 1.25. The number of hydrogen-bond acceptors (Lipinski definition) is 6. The summed E-state index contributed by atoms with van der Waals surface area (Å²) in [5, 5.41) is 7.88. The van der Waals surface area contributed by atoms with E-state index in [0.29, 0.717) is 13.1 Å². The summed E-state index contributed by atoms with van der Waals surface area (Å²) in [5.41, 5.74) is 0. The lowest BCUT2D eigenvalue weighted by Gasteiger charge is -1.92. The fraction of sp³-hybridized carbons (Fsp3) is 0.400. The molecule has 0 fully saturated rings. The third-order valence-electron chi connectivity index (χ3n) is 2.26. The second-order valence-electron chi connectivity index (χ2n) is 3.55. The van der Waals surface area contributed by atoms with E-state index in [1.165, 1.54) is 12.7 Å². The molecule has 0 saturated carbocycles. The Morgan fingerprint density at radius 3 is 1.72 bits per heavy atom. The molecule has 8 heteroatoms. The van der Waals surface area contributed by atoms with E-state index in [-0.39, 0.29) is 0 Å². The van der Waals surface area contributed by atoms with Gasteiger partial charge in [-0.3, -0.25) is 9.98 Å². The quantitative estimate of drug-likeness (QED) is 0.525. The number of aromatic nitrogens is 6. The third kappa shape index (κ3) is 3.06. The van der Waals surface area contributed by atoms with Crippen molar-refractivity contribution in [2.24, 2.45) is 24.1 Å². The topological polar surface area (TPSA) is 86.1 Å². The zero-order valence-corrected chi connectivity index (χ0v) is 10.3. The molecule has 0 saturated heterocycles. The first-order valence-corrected chi connectivity index (χ1v) is 5.45. The maximum absolute atomic E-state index is 4.21. The molecular weight excluding hydrogens is 232 g/mol. The van der Waals surface area contributed by atoms with Gasteiger partial charge in [0.25, 0.3) is 0 Å². The molecule has 2 aromatic heterocycles.